The molecule has 1 aromatic carbocycles. The van der Waals surface area contributed by atoms with E-state index in [4.69, 9.17) is 10.7 Å². The van der Waals surface area contributed by atoms with Crippen molar-refractivity contribution in [3.8, 4) is 10.6 Å². The first-order valence-corrected chi connectivity index (χ1v) is 9.62. The second-order valence-corrected chi connectivity index (χ2v) is 7.67. The zero-order valence-corrected chi connectivity index (χ0v) is 15.6. The molecule has 0 amide bonds. The lowest BCUT2D eigenvalue weighted by Gasteiger charge is -2.15. The number of benzene rings is 1. The Labute approximate surface area is 156 Å². The monoisotopic (exact) mass is 377 g/mol. The van der Waals surface area contributed by atoms with Gasteiger partial charge < -0.3 is 5.73 Å². The number of nitrogens with two attached hydrogens (primary N) is 1. The molecule has 0 aliphatic carbocycles. The van der Waals surface area contributed by atoms with Crippen molar-refractivity contribution in [2.24, 2.45) is 5.73 Å². The summed E-state index contributed by atoms with van der Waals surface area (Å²) in [6, 6.07) is 13.0. The average molecular weight is 378 g/mol. The van der Waals surface area contributed by atoms with Crippen molar-refractivity contribution in [2.75, 3.05) is 13.1 Å². The molecule has 3 aromatic rings. The Morgan fingerprint density at radius 1 is 1.12 bits per heavy atom. The highest BCUT2D eigenvalue weighted by Gasteiger charge is 2.31. The summed E-state index contributed by atoms with van der Waals surface area (Å²) >= 11 is 3.44. The lowest BCUT2D eigenvalue weighted by Crippen LogP contribution is -2.28. The van der Waals surface area contributed by atoms with Crippen LogP contribution in [-0.2, 0) is 6.54 Å². The first-order valence-electron chi connectivity index (χ1n) is 7.79. The molecule has 2 N–H and O–H groups in total. The fraction of sp³-hybridized carbons (Fsp3) is 0.278. The first-order chi connectivity index (χ1) is 11.3. The van der Waals surface area contributed by atoms with Crippen molar-refractivity contribution in [3.63, 3.8) is 0 Å². The molecule has 4 rings (SSSR count). The van der Waals surface area contributed by atoms with Crippen LogP contribution in [0.5, 0.6) is 0 Å². The highest BCUT2D eigenvalue weighted by Crippen LogP contribution is 2.29. The van der Waals surface area contributed by atoms with Crippen molar-refractivity contribution < 1.29 is 0 Å². The lowest BCUT2D eigenvalue weighted by atomic mass is 9.95. The number of aromatic nitrogens is 1. The summed E-state index contributed by atoms with van der Waals surface area (Å²) in [5, 5.41) is 7.54. The van der Waals surface area contributed by atoms with Gasteiger partial charge in [0.05, 0.1) is 5.69 Å². The van der Waals surface area contributed by atoms with Crippen LogP contribution in [0.3, 0.4) is 0 Å². The van der Waals surface area contributed by atoms with Gasteiger partial charge in [-0.1, -0.05) is 30.3 Å². The Kier molecular flexibility index (Phi) is 5.69. The minimum Gasteiger partial charge on any atom is -0.326 e. The Hall–Kier alpha value is -1.24. The van der Waals surface area contributed by atoms with E-state index in [2.05, 4.69) is 57.4 Å². The second-order valence-electron chi connectivity index (χ2n) is 6.03. The number of hydrogen-bond donors (Lipinski definition) is 1. The van der Waals surface area contributed by atoms with E-state index in [-0.39, 0.29) is 18.4 Å². The van der Waals surface area contributed by atoms with Crippen LogP contribution in [0.1, 0.15) is 17.2 Å². The smallest absolute Gasteiger partial charge is 0.124 e. The van der Waals surface area contributed by atoms with Crippen LogP contribution in [0, 0.1) is 0 Å². The van der Waals surface area contributed by atoms with E-state index in [0.717, 1.165) is 30.3 Å². The maximum Gasteiger partial charge on any atom is 0.124 e. The zero-order chi connectivity index (χ0) is 15.6. The predicted octanol–water partition coefficient (Wildman–Crippen LogP) is 4.22. The molecule has 2 atom stereocenters. The number of hydrogen-bond acceptors (Lipinski definition) is 5. The average Bonchev–Trinajstić information content (AvgIpc) is 3.29. The van der Waals surface area contributed by atoms with E-state index in [0.29, 0.717) is 5.92 Å². The van der Waals surface area contributed by atoms with E-state index in [1.54, 1.807) is 22.7 Å². The van der Waals surface area contributed by atoms with Gasteiger partial charge in [-0.05, 0) is 17.0 Å². The molecule has 6 heteroatoms. The van der Waals surface area contributed by atoms with Crippen molar-refractivity contribution in [1.29, 1.82) is 0 Å². The van der Waals surface area contributed by atoms with Crippen molar-refractivity contribution in [2.45, 2.75) is 18.5 Å². The van der Waals surface area contributed by atoms with Crippen molar-refractivity contribution in [3.05, 3.63) is 63.8 Å². The fourth-order valence-electron chi connectivity index (χ4n) is 3.22. The van der Waals surface area contributed by atoms with Crippen LogP contribution in [0.4, 0.5) is 0 Å². The summed E-state index contributed by atoms with van der Waals surface area (Å²) in [5.74, 6) is 0.422. The minimum absolute atomic E-state index is 0. The van der Waals surface area contributed by atoms with Crippen LogP contribution in [0.15, 0.2) is 52.5 Å². The summed E-state index contributed by atoms with van der Waals surface area (Å²) in [4.78, 5) is 7.21. The summed E-state index contributed by atoms with van der Waals surface area (Å²) in [6.45, 7) is 2.83. The van der Waals surface area contributed by atoms with E-state index >= 15 is 0 Å². The van der Waals surface area contributed by atoms with Gasteiger partial charge in [0.15, 0.2) is 0 Å². The van der Waals surface area contributed by atoms with Gasteiger partial charge >= 0.3 is 0 Å². The van der Waals surface area contributed by atoms with Crippen LogP contribution in [0.25, 0.3) is 10.6 Å². The number of thiazole rings is 1. The molecule has 0 spiro atoms. The highest BCUT2D eigenvalue weighted by molar-refractivity contribution is 7.14. The summed E-state index contributed by atoms with van der Waals surface area (Å²) < 4.78 is 0. The molecule has 2 aromatic heterocycles. The third-order valence-corrected chi connectivity index (χ3v) is 6.00. The van der Waals surface area contributed by atoms with Gasteiger partial charge in [-0.2, -0.15) is 11.3 Å². The Morgan fingerprint density at radius 3 is 2.71 bits per heavy atom. The second kappa shape index (κ2) is 7.76. The van der Waals surface area contributed by atoms with Gasteiger partial charge in [0.1, 0.15) is 5.01 Å². The van der Waals surface area contributed by atoms with Gasteiger partial charge in [-0.3, -0.25) is 4.90 Å². The van der Waals surface area contributed by atoms with Crippen LogP contribution >= 0.6 is 35.1 Å². The SMILES string of the molecule is Cl.N[C@@H]1CN(Cc2csc(-c3ccsc3)n2)C[C@H]1c1ccccc1. The molecule has 1 aliphatic rings. The third kappa shape index (κ3) is 3.71. The molecule has 1 fully saturated rings. The number of nitrogens with zero attached hydrogens (tertiary/aromatic N) is 2. The summed E-state index contributed by atoms with van der Waals surface area (Å²) in [6.07, 6.45) is 0. The predicted molar refractivity (Wildman–Crippen MR) is 105 cm³/mol. The minimum atomic E-state index is 0. The Morgan fingerprint density at radius 2 is 1.96 bits per heavy atom. The summed E-state index contributed by atoms with van der Waals surface area (Å²) in [5.41, 5.74) is 10.1. The summed E-state index contributed by atoms with van der Waals surface area (Å²) in [7, 11) is 0. The van der Waals surface area contributed by atoms with E-state index < -0.39 is 0 Å². The largest absolute Gasteiger partial charge is 0.326 e. The number of halogens is 1. The maximum absolute atomic E-state index is 6.38. The molecule has 1 aliphatic heterocycles. The quantitative estimate of drug-likeness (QED) is 0.740. The number of likely N-dealkylation sites (tertiary alicyclic amines) is 1. The molecule has 1 saturated heterocycles. The standard InChI is InChI=1S/C18H19N3S2.ClH/c19-17-10-21(9-16(17)13-4-2-1-3-5-13)8-15-12-23-18(20-15)14-6-7-22-11-14;/h1-7,11-12,16-17H,8-10,19H2;1H/t16-,17+;/m0./s1. The molecular weight excluding hydrogens is 358 g/mol. The zero-order valence-electron chi connectivity index (χ0n) is 13.2. The lowest BCUT2D eigenvalue weighted by molar-refractivity contribution is 0.320. The van der Waals surface area contributed by atoms with E-state index in [1.807, 2.05) is 0 Å². The molecule has 0 radical (unpaired) electrons. The van der Waals surface area contributed by atoms with Crippen LogP contribution in [0.2, 0.25) is 0 Å². The topological polar surface area (TPSA) is 42.1 Å². The molecule has 0 unspecified atom stereocenters. The number of rotatable bonds is 4. The van der Waals surface area contributed by atoms with Gasteiger partial charge in [-0.15, -0.1) is 23.7 Å². The molecule has 126 valence electrons. The highest BCUT2D eigenvalue weighted by atomic mass is 35.5. The number of thiophene rings is 1. The van der Waals surface area contributed by atoms with E-state index in [1.165, 1.54) is 11.1 Å². The molecule has 0 saturated carbocycles. The molecular formula is C18H20ClN3S2. The maximum atomic E-state index is 6.38. The molecule has 3 nitrogen and oxygen atoms in total. The van der Waals surface area contributed by atoms with Gasteiger partial charge in [0.25, 0.3) is 0 Å². The van der Waals surface area contributed by atoms with Crippen molar-refractivity contribution >= 4 is 35.1 Å². The molecule has 3 heterocycles. The normalized spacial score (nSPS) is 20.9. The van der Waals surface area contributed by atoms with Crippen LogP contribution < -0.4 is 5.73 Å². The third-order valence-electron chi connectivity index (χ3n) is 4.37. The van der Waals surface area contributed by atoms with Gasteiger partial charge in [-0.25, -0.2) is 4.98 Å². The fourth-order valence-corrected chi connectivity index (χ4v) is 4.75. The van der Waals surface area contributed by atoms with Crippen LogP contribution in [-0.4, -0.2) is 29.0 Å². The molecule has 24 heavy (non-hydrogen) atoms. The Bertz CT molecular complexity index is 758. The van der Waals surface area contributed by atoms with Gasteiger partial charge in [0.2, 0.25) is 0 Å². The Balaban J connectivity index is 0.00000169. The molecule has 0 bridgehead atoms. The van der Waals surface area contributed by atoms with E-state index in [9.17, 15) is 0 Å². The first kappa shape index (κ1) is 17.6. The van der Waals surface area contributed by atoms with Crippen molar-refractivity contribution in [1.82, 2.24) is 9.88 Å². The van der Waals surface area contributed by atoms with Gasteiger partial charge in [0, 0.05) is 47.9 Å².